The molecular weight excluding hydrogens is 319 g/mol. The predicted molar refractivity (Wildman–Crippen MR) is 74.6 cm³/mol. The van der Waals surface area contributed by atoms with Crippen molar-refractivity contribution in [3.8, 4) is 0 Å². The summed E-state index contributed by atoms with van der Waals surface area (Å²) in [6.07, 6.45) is 2.27. The SMILES string of the molecule is CS(=O)(=O)c1ccc(F)c(S(=O)(=O)Nc2ccccn2)c1. The average Bonchev–Trinajstić information content (AvgIpc) is 2.38. The van der Waals surface area contributed by atoms with Crippen molar-refractivity contribution < 1.29 is 21.2 Å². The third-order valence-electron chi connectivity index (χ3n) is 2.52. The Morgan fingerprint density at radius 3 is 2.38 bits per heavy atom. The van der Waals surface area contributed by atoms with Crippen molar-refractivity contribution in [1.29, 1.82) is 0 Å². The summed E-state index contributed by atoms with van der Waals surface area (Å²) in [5.41, 5.74) is 0. The second-order valence-corrected chi connectivity index (χ2v) is 7.85. The van der Waals surface area contributed by atoms with Gasteiger partial charge in [-0.2, -0.15) is 0 Å². The number of aromatic nitrogens is 1. The number of pyridine rings is 1. The number of nitrogens with one attached hydrogen (secondary N) is 1. The molecule has 0 radical (unpaired) electrons. The van der Waals surface area contributed by atoms with Crippen molar-refractivity contribution in [3.05, 3.63) is 48.4 Å². The van der Waals surface area contributed by atoms with Crippen molar-refractivity contribution in [2.75, 3.05) is 11.0 Å². The Kier molecular flexibility index (Phi) is 3.97. The van der Waals surface area contributed by atoms with Crippen LogP contribution in [-0.2, 0) is 19.9 Å². The van der Waals surface area contributed by atoms with Crippen molar-refractivity contribution >= 4 is 25.7 Å². The van der Waals surface area contributed by atoms with E-state index in [9.17, 15) is 21.2 Å². The molecule has 0 saturated carbocycles. The van der Waals surface area contributed by atoms with Gasteiger partial charge in [0.15, 0.2) is 9.84 Å². The van der Waals surface area contributed by atoms with Crippen LogP contribution in [0.25, 0.3) is 0 Å². The minimum Gasteiger partial charge on any atom is -0.263 e. The molecular formula is C12H11FN2O4S2. The molecule has 6 nitrogen and oxygen atoms in total. The summed E-state index contributed by atoms with van der Waals surface area (Å²) in [6.45, 7) is 0. The monoisotopic (exact) mass is 330 g/mol. The van der Waals surface area contributed by atoms with E-state index in [-0.39, 0.29) is 10.7 Å². The third kappa shape index (κ3) is 3.56. The summed E-state index contributed by atoms with van der Waals surface area (Å²) >= 11 is 0. The zero-order chi connectivity index (χ0) is 15.7. The van der Waals surface area contributed by atoms with Crippen LogP contribution in [0.5, 0.6) is 0 Å². The van der Waals surface area contributed by atoms with Crippen LogP contribution in [0.15, 0.2) is 52.4 Å². The molecule has 0 unspecified atom stereocenters. The zero-order valence-electron chi connectivity index (χ0n) is 10.8. The second-order valence-electron chi connectivity index (χ2n) is 4.18. The highest BCUT2D eigenvalue weighted by Gasteiger charge is 2.22. The summed E-state index contributed by atoms with van der Waals surface area (Å²) in [7, 11) is -7.93. The molecule has 21 heavy (non-hydrogen) atoms. The van der Waals surface area contributed by atoms with Gasteiger partial charge >= 0.3 is 0 Å². The van der Waals surface area contributed by atoms with E-state index in [1.165, 1.54) is 12.3 Å². The highest BCUT2D eigenvalue weighted by Crippen LogP contribution is 2.21. The maximum atomic E-state index is 13.7. The maximum Gasteiger partial charge on any atom is 0.266 e. The lowest BCUT2D eigenvalue weighted by Gasteiger charge is -2.09. The first kappa shape index (κ1) is 15.4. The number of sulfonamides is 1. The lowest BCUT2D eigenvalue weighted by atomic mass is 10.3. The van der Waals surface area contributed by atoms with Crippen LogP contribution in [0.3, 0.4) is 0 Å². The number of benzene rings is 1. The quantitative estimate of drug-likeness (QED) is 0.856. The molecule has 1 aromatic heterocycles. The first-order chi connectivity index (χ1) is 9.70. The van der Waals surface area contributed by atoms with Crippen LogP contribution in [0.2, 0.25) is 0 Å². The molecule has 112 valence electrons. The van der Waals surface area contributed by atoms with E-state index in [0.29, 0.717) is 0 Å². The van der Waals surface area contributed by atoms with Crippen LogP contribution < -0.4 is 4.72 Å². The maximum absolute atomic E-state index is 13.7. The van der Waals surface area contributed by atoms with Crippen molar-refractivity contribution in [3.63, 3.8) is 0 Å². The van der Waals surface area contributed by atoms with Crippen molar-refractivity contribution in [2.45, 2.75) is 9.79 Å². The Morgan fingerprint density at radius 2 is 1.81 bits per heavy atom. The molecule has 2 rings (SSSR count). The molecule has 1 aromatic carbocycles. The molecule has 0 aliphatic rings. The van der Waals surface area contributed by atoms with E-state index in [2.05, 4.69) is 9.71 Å². The van der Waals surface area contributed by atoms with Crippen LogP contribution in [-0.4, -0.2) is 28.1 Å². The smallest absolute Gasteiger partial charge is 0.263 e. The van der Waals surface area contributed by atoms with Crippen LogP contribution in [0.4, 0.5) is 10.2 Å². The molecule has 0 saturated heterocycles. The van der Waals surface area contributed by atoms with Gasteiger partial charge in [0.25, 0.3) is 10.0 Å². The third-order valence-corrected chi connectivity index (χ3v) is 5.00. The van der Waals surface area contributed by atoms with Gasteiger partial charge in [-0.25, -0.2) is 26.2 Å². The Labute approximate surface area is 121 Å². The number of sulfone groups is 1. The molecule has 1 heterocycles. The summed E-state index contributed by atoms with van der Waals surface area (Å²) in [5.74, 6) is -1.05. The van der Waals surface area contributed by atoms with Gasteiger partial charge in [-0.3, -0.25) is 4.72 Å². The summed E-state index contributed by atoms with van der Waals surface area (Å²) in [4.78, 5) is 2.72. The number of nitrogens with zero attached hydrogens (tertiary/aromatic N) is 1. The van der Waals surface area contributed by atoms with Gasteiger partial charge in [-0.15, -0.1) is 0 Å². The standard InChI is InChI=1S/C12H11FN2O4S2/c1-20(16,17)9-5-6-10(13)11(8-9)21(18,19)15-12-4-2-3-7-14-12/h2-8H,1H3,(H,14,15). The van der Waals surface area contributed by atoms with Crippen LogP contribution >= 0.6 is 0 Å². The lowest BCUT2D eigenvalue weighted by molar-refractivity contribution is 0.567. The van der Waals surface area contributed by atoms with Crippen LogP contribution in [0.1, 0.15) is 0 Å². The number of hydrogen-bond donors (Lipinski definition) is 1. The summed E-state index contributed by atoms with van der Waals surface area (Å²) in [5, 5.41) is 0. The first-order valence-corrected chi connectivity index (χ1v) is 9.01. The summed E-state index contributed by atoms with van der Waals surface area (Å²) in [6, 6.07) is 7.09. The van der Waals surface area contributed by atoms with Crippen molar-refractivity contribution in [1.82, 2.24) is 4.98 Å². The second kappa shape index (κ2) is 5.41. The number of halogens is 1. The predicted octanol–water partition coefficient (Wildman–Crippen LogP) is 1.43. The molecule has 0 amide bonds. The van der Waals surface area contributed by atoms with E-state index in [1.54, 1.807) is 12.1 Å². The molecule has 0 aliphatic carbocycles. The summed E-state index contributed by atoms with van der Waals surface area (Å²) < 4.78 is 62.9. The Hall–Kier alpha value is -2.00. The molecule has 1 N–H and O–H groups in total. The van der Waals surface area contributed by atoms with E-state index in [1.807, 2.05) is 0 Å². The van der Waals surface area contributed by atoms with E-state index < -0.39 is 30.6 Å². The molecule has 2 aromatic rings. The van der Waals surface area contributed by atoms with Gasteiger partial charge < -0.3 is 0 Å². The fraction of sp³-hybridized carbons (Fsp3) is 0.0833. The minimum atomic E-state index is -4.28. The highest BCUT2D eigenvalue weighted by molar-refractivity contribution is 7.93. The van der Waals surface area contributed by atoms with E-state index >= 15 is 0 Å². The fourth-order valence-corrected chi connectivity index (χ4v) is 3.37. The Balaban J connectivity index is 2.50. The fourth-order valence-electron chi connectivity index (χ4n) is 1.54. The van der Waals surface area contributed by atoms with E-state index in [4.69, 9.17) is 0 Å². The Morgan fingerprint density at radius 1 is 1.10 bits per heavy atom. The lowest BCUT2D eigenvalue weighted by Crippen LogP contribution is -2.16. The van der Waals surface area contributed by atoms with E-state index in [0.717, 1.165) is 24.5 Å². The van der Waals surface area contributed by atoms with Gasteiger partial charge in [-0.05, 0) is 30.3 Å². The molecule has 9 heteroatoms. The number of anilines is 1. The molecule has 0 atom stereocenters. The van der Waals surface area contributed by atoms with Crippen molar-refractivity contribution in [2.24, 2.45) is 0 Å². The molecule has 0 bridgehead atoms. The zero-order valence-corrected chi connectivity index (χ0v) is 12.4. The average molecular weight is 330 g/mol. The van der Waals surface area contributed by atoms with Gasteiger partial charge in [0.1, 0.15) is 16.5 Å². The van der Waals surface area contributed by atoms with Crippen LogP contribution in [0, 0.1) is 5.82 Å². The first-order valence-electron chi connectivity index (χ1n) is 5.63. The van der Waals surface area contributed by atoms with Gasteiger partial charge in [-0.1, -0.05) is 6.07 Å². The topological polar surface area (TPSA) is 93.2 Å². The minimum absolute atomic E-state index is 0.00154. The van der Waals surface area contributed by atoms with Gasteiger partial charge in [0, 0.05) is 12.5 Å². The number of hydrogen-bond acceptors (Lipinski definition) is 5. The molecule has 0 spiro atoms. The molecule has 0 fully saturated rings. The molecule has 0 aliphatic heterocycles. The highest BCUT2D eigenvalue weighted by atomic mass is 32.2. The van der Waals surface area contributed by atoms with Gasteiger partial charge in [0.2, 0.25) is 0 Å². The van der Waals surface area contributed by atoms with Gasteiger partial charge in [0.05, 0.1) is 4.90 Å². The number of rotatable bonds is 4. The largest absolute Gasteiger partial charge is 0.266 e. The Bertz CT molecular complexity index is 865. The normalized spacial score (nSPS) is 12.1.